The molecule has 0 rings (SSSR count). The van der Waals surface area contributed by atoms with E-state index in [0.717, 1.165) is 57.8 Å². The standard InChI is InChI=1S/C20H36O4/c1-3-4-5-12-15-19(22)16-13-10-8-6-7-9-11-14-17-20(23)24-18(2)21/h10,13,19,22H,3-9,11-12,14-17H2,1-2H3/b13-10-. The molecule has 0 saturated heterocycles. The van der Waals surface area contributed by atoms with E-state index in [1.165, 1.54) is 26.2 Å². The zero-order valence-electron chi connectivity index (χ0n) is 15.6. The van der Waals surface area contributed by atoms with Gasteiger partial charge in [-0.25, -0.2) is 0 Å². The highest BCUT2D eigenvalue weighted by Gasteiger charge is 2.05. The first kappa shape index (κ1) is 22.8. The molecular formula is C20H36O4. The summed E-state index contributed by atoms with van der Waals surface area (Å²) in [5.41, 5.74) is 0. The fourth-order valence-corrected chi connectivity index (χ4v) is 2.57. The van der Waals surface area contributed by atoms with E-state index in [4.69, 9.17) is 0 Å². The fourth-order valence-electron chi connectivity index (χ4n) is 2.57. The molecule has 0 fully saturated rings. The first-order valence-corrected chi connectivity index (χ1v) is 9.60. The lowest BCUT2D eigenvalue weighted by atomic mass is 10.1. The topological polar surface area (TPSA) is 63.6 Å². The van der Waals surface area contributed by atoms with Crippen LogP contribution in [0, 0.1) is 0 Å². The highest BCUT2D eigenvalue weighted by atomic mass is 16.6. The Kier molecular flexibility index (Phi) is 15.9. The number of esters is 2. The number of rotatable bonds is 15. The molecule has 0 radical (unpaired) electrons. The molecule has 0 aromatic rings. The Labute approximate surface area is 147 Å². The summed E-state index contributed by atoms with van der Waals surface area (Å²) in [5.74, 6) is -0.948. The van der Waals surface area contributed by atoms with Gasteiger partial charge in [-0.2, -0.15) is 0 Å². The third-order valence-corrected chi connectivity index (χ3v) is 3.97. The number of carbonyl (C=O) groups is 2. The van der Waals surface area contributed by atoms with Gasteiger partial charge in [0, 0.05) is 13.3 Å². The molecule has 1 unspecified atom stereocenters. The Bertz CT molecular complexity index is 350. The summed E-state index contributed by atoms with van der Waals surface area (Å²) in [6, 6.07) is 0. The van der Waals surface area contributed by atoms with Crippen molar-refractivity contribution < 1.29 is 19.4 Å². The zero-order valence-corrected chi connectivity index (χ0v) is 15.6. The van der Waals surface area contributed by atoms with Crippen molar-refractivity contribution in [3.05, 3.63) is 12.2 Å². The van der Waals surface area contributed by atoms with Crippen LogP contribution >= 0.6 is 0 Å². The molecule has 1 N–H and O–H groups in total. The molecule has 0 heterocycles. The maximum Gasteiger partial charge on any atom is 0.313 e. The van der Waals surface area contributed by atoms with Gasteiger partial charge in [-0.1, -0.05) is 64.0 Å². The van der Waals surface area contributed by atoms with Gasteiger partial charge in [0.05, 0.1) is 6.10 Å². The minimum absolute atomic E-state index is 0.187. The number of aliphatic hydroxyl groups excluding tert-OH is 1. The first-order chi connectivity index (χ1) is 11.6. The van der Waals surface area contributed by atoms with Crippen LogP contribution in [0.1, 0.15) is 97.3 Å². The number of aliphatic hydroxyl groups is 1. The maximum absolute atomic E-state index is 11.1. The molecule has 0 aliphatic rings. The second-order valence-corrected chi connectivity index (χ2v) is 6.48. The number of hydrogen-bond donors (Lipinski definition) is 1. The van der Waals surface area contributed by atoms with E-state index in [9.17, 15) is 14.7 Å². The molecule has 0 aliphatic carbocycles. The van der Waals surface area contributed by atoms with Gasteiger partial charge in [-0.15, -0.1) is 0 Å². The van der Waals surface area contributed by atoms with E-state index < -0.39 is 11.9 Å². The van der Waals surface area contributed by atoms with Crippen molar-refractivity contribution in [2.45, 2.75) is 103 Å². The van der Waals surface area contributed by atoms with E-state index in [1.807, 2.05) is 0 Å². The molecule has 0 aliphatic heterocycles. The number of ether oxygens (including phenoxy) is 1. The minimum Gasteiger partial charge on any atom is -0.393 e. The van der Waals surface area contributed by atoms with E-state index in [0.29, 0.717) is 6.42 Å². The van der Waals surface area contributed by atoms with Gasteiger partial charge in [0.2, 0.25) is 0 Å². The van der Waals surface area contributed by atoms with Crippen LogP contribution < -0.4 is 0 Å². The Morgan fingerprint density at radius 3 is 2.33 bits per heavy atom. The molecule has 0 saturated carbocycles. The van der Waals surface area contributed by atoms with Crippen molar-refractivity contribution in [1.29, 1.82) is 0 Å². The molecule has 0 aromatic heterocycles. The van der Waals surface area contributed by atoms with Crippen molar-refractivity contribution in [3.8, 4) is 0 Å². The predicted octanol–water partition coefficient (Wildman–Crippen LogP) is 5.08. The van der Waals surface area contributed by atoms with Crippen LogP contribution in [-0.4, -0.2) is 23.1 Å². The molecule has 4 nitrogen and oxygen atoms in total. The summed E-state index contributed by atoms with van der Waals surface area (Å²) >= 11 is 0. The Morgan fingerprint density at radius 1 is 0.958 bits per heavy atom. The average molecular weight is 341 g/mol. The second kappa shape index (κ2) is 16.7. The lowest BCUT2D eigenvalue weighted by Gasteiger charge is -2.07. The Balaban J connectivity index is 3.34. The quantitative estimate of drug-likeness (QED) is 0.195. The third kappa shape index (κ3) is 17.2. The summed E-state index contributed by atoms with van der Waals surface area (Å²) < 4.78 is 4.47. The Morgan fingerprint density at radius 2 is 1.62 bits per heavy atom. The summed E-state index contributed by atoms with van der Waals surface area (Å²) in [4.78, 5) is 21.7. The minimum atomic E-state index is -0.530. The lowest BCUT2D eigenvalue weighted by Crippen LogP contribution is -2.08. The summed E-state index contributed by atoms with van der Waals surface area (Å²) in [7, 11) is 0. The van der Waals surface area contributed by atoms with Gasteiger partial charge in [0.25, 0.3) is 0 Å². The second-order valence-electron chi connectivity index (χ2n) is 6.48. The zero-order chi connectivity index (χ0) is 18.0. The van der Waals surface area contributed by atoms with Gasteiger partial charge in [-0.05, 0) is 32.1 Å². The molecule has 1 atom stereocenters. The molecule has 0 spiro atoms. The van der Waals surface area contributed by atoms with Crippen LogP contribution in [0.3, 0.4) is 0 Å². The molecule has 0 bridgehead atoms. The summed E-state index contributed by atoms with van der Waals surface area (Å²) in [6.45, 7) is 3.44. The van der Waals surface area contributed by atoms with Crippen molar-refractivity contribution in [2.24, 2.45) is 0 Å². The normalized spacial score (nSPS) is 12.5. The molecule has 24 heavy (non-hydrogen) atoms. The number of unbranched alkanes of at least 4 members (excludes halogenated alkanes) is 8. The lowest BCUT2D eigenvalue weighted by molar-refractivity contribution is -0.158. The van der Waals surface area contributed by atoms with Crippen molar-refractivity contribution in [2.75, 3.05) is 0 Å². The average Bonchev–Trinajstić information content (AvgIpc) is 2.52. The van der Waals surface area contributed by atoms with E-state index in [-0.39, 0.29) is 6.10 Å². The van der Waals surface area contributed by atoms with E-state index in [1.54, 1.807) is 0 Å². The summed E-state index contributed by atoms with van der Waals surface area (Å²) in [6.07, 6.45) is 17.2. The van der Waals surface area contributed by atoms with E-state index in [2.05, 4.69) is 23.8 Å². The largest absolute Gasteiger partial charge is 0.393 e. The van der Waals surface area contributed by atoms with Gasteiger partial charge in [0.1, 0.15) is 0 Å². The fraction of sp³-hybridized carbons (Fsp3) is 0.800. The van der Waals surface area contributed by atoms with Crippen molar-refractivity contribution in [1.82, 2.24) is 0 Å². The smallest absolute Gasteiger partial charge is 0.313 e. The van der Waals surface area contributed by atoms with Crippen LogP contribution in [0.25, 0.3) is 0 Å². The predicted molar refractivity (Wildman–Crippen MR) is 97.6 cm³/mol. The van der Waals surface area contributed by atoms with Gasteiger partial charge >= 0.3 is 11.9 Å². The molecule has 140 valence electrons. The van der Waals surface area contributed by atoms with Crippen LogP contribution in [0.4, 0.5) is 0 Å². The van der Waals surface area contributed by atoms with Crippen molar-refractivity contribution >= 4 is 11.9 Å². The van der Waals surface area contributed by atoms with Crippen LogP contribution in [-0.2, 0) is 14.3 Å². The van der Waals surface area contributed by atoms with Crippen LogP contribution in [0.15, 0.2) is 12.2 Å². The number of hydrogen-bond acceptors (Lipinski definition) is 4. The van der Waals surface area contributed by atoms with Crippen LogP contribution in [0.2, 0.25) is 0 Å². The van der Waals surface area contributed by atoms with Gasteiger partial charge in [-0.3, -0.25) is 9.59 Å². The molecular weight excluding hydrogens is 304 g/mol. The highest BCUT2D eigenvalue weighted by molar-refractivity contribution is 5.83. The van der Waals surface area contributed by atoms with Crippen LogP contribution in [0.5, 0.6) is 0 Å². The molecule has 0 amide bonds. The Hall–Kier alpha value is -1.16. The first-order valence-electron chi connectivity index (χ1n) is 9.60. The molecule has 4 heteroatoms. The SMILES string of the molecule is CCCCCCC(O)C/C=C\CCCCCCCC(=O)OC(C)=O. The van der Waals surface area contributed by atoms with Crippen molar-refractivity contribution in [3.63, 3.8) is 0 Å². The molecule has 0 aromatic carbocycles. The summed E-state index contributed by atoms with van der Waals surface area (Å²) in [5, 5.41) is 9.84. The maximum atomic E-state index is 11.1. The third-order valence-electron chi connectivity index (χ3n) is 3.97. The number of carbonyl (C=O) groups excluding carboxylic acids is 2. The van der Waals surface area contributed by atoms with Gasteiger partial charge in [0.15, 0.2) is 0 Å². The monoisotopic (exact) mass is 340 g/mol. The van der Waals surface area contributed by atoms with Gasteiger partial charge < -0.3 is 9.84 Å². The number of allylic oxidation sites excluding steroid dienone is 1. The van der Waals surface area contributed by atoms with E-state index >= 15 is 0 Å². The highest BCUT2D eigenvalue weighted by Crippen LogP contribution is 2.10.